The van der Waals surface area contributed by atoms with Crippen molar-refractivity contribution < 1.29 is 0 Å². The SMILES string of the molecule is I.NC(=NCc1ccc(-n2cccn2)cc1)Nc1ccccc1. The van der Waals surface area contributed by atoms with E-state index in [2.05, 4.69) is 15.4 Å². The number of aliphatic imine (C=N–C) groups is 1. The first-order chi connectivity index (χ1) is 10.8. The van der Waals surface area contributed by atoms with Crippen molar-refractivity contribution >= 4 is 35.6 Å². The quantitative estimate of drug-likeness (QED) is 0.387. The molecule has 0 bridgehead atoms. The molecule has 3 aromatic rings. The number of halogens is 1. The molecule has 1 heterocycles. The second-order valence-electron chi connectivity index (χ2n) is 4.81. The number of nitrogens with one attached hydrogen (secondary N) is 1. The van der Waals surface area contributed by atoms with Crippen molar-refractivity contribution in [3.63, 3.8) is 0 Å². The Hall–Kier alpha value is -2.35. The zero-order valence-electron chi connectivity index (χ0n) is 12.5. The minimum absolute atomic E-state index is 0. The molecule has 0 amide bonds. The highest BCUT2D eigenvalue weighted by Crippen LogP contribution is 2.10. The van der Waals surface area contributed by atoms with E-state index >= 15 is 0 Å². The Kier molecular flexibility index (Phi) is 6.16. The van der Waals surface area contributed by atoms with Crippen LogP contribution in [0.4, 0.5) is 5.69 Å². The van der Waals surface area contributed by atoms with Crippen molar-refractivity contribution in [1.29, 1.82) is 0 Å². The van der Waals surface area contributed by atoms with Crippen LogP contribution in [0, 0.1) is 0 Å². The van der Waals surface area contributed by atoms with Gasteiger partial charge in [-0.05, 0) is 35.9 Å². The number of para-hydroxylation sites is 1. The third-order valence-electron chi connectivity index (χ3n) is 3.18. The predicted molar refractivity (Wildman–Crippen MR) is 104 cm³/mol. The number of hydrogen-bond acceptors (Lipinski definition) is 2. The Morgan fingerprint density at radius 1 is 1.04 bits per heavy atom. The van der Waals surface area contributed by atoms with E-state index in [9.17, 15) is 0 Å². The lowest BCUT2D eigenvalue weighted by Gasteiger charge is -2.06. The van der Waals surface area contributed by atoms with Gasteiger partial charge in [0.15, 0.2) is 5.96 Å². The van der Waals surface area contributed by atoms with Crippen LogP contribution in [0.2, 0.25) is 0 Å². The van der Waals surface area contributed by atoms with Gasteiger partial charge in [-0.1, -0.05) is 30.3 Å². The number of aromatic nitrogens is 2. The molecule has 0 unspecified atom stereocenters. The third kappa shape index (κ3) is 4.82. The molecule has 0 saturated heterocycles. The molecule has 5 nitrogen and oxygen atoms in total. The second kappa shape index (κ2) is 8.33. The van der Waals surface area contributed by atoms with Crippen molar-refractivity contribution in [3.05, 3.63) is 78.6 Å². The molecular formula is C17H18IN5. The summed E-state index contributed by atoms with van der Waals surface area (Å²) in [5, 5.41) is 7.26. The fraction of sp³-hybridized carbons (Fsp3) is 0.0588. The summed E-state index contributed by atoms with van der Waals surface area (Å²) >= 11 is 0. The highest BCUT2D eigenvalue weighted by atomic mass is 127. The Balaban J connectivity index is 0.00000192. The topological polar surface area (TPSA) is 68.2 Å². The van der Waals surface area contributed by atoms with Crippen LogP contribution >= 0.6 is 24.0 Å². The maximum absolute atomic E-state index is 5.89. The Bertz CT molecular complexity index is 736. The van der Waals surface area contributed by atoms with Crippen molar-refractivity contribution in [2.45, 2.75) is 6.54 Å². The smallest absolute Gasteiger partial charge is 0.193 e. The van der Waals surface area contributed by atoms with E-state index in [0.29, 0.717) is 12.5 Å². The summed E-state index contributed by atoms with van der Waals surface area (Å²) in [7, 11) is 0. The van der Waals surface area contributed by atoms with Gasteiger partial charge < -0.3 is 11.1 Å². The van der Waals surface area contributed by atoms with Crippen LogP contribution in [0.5, 0.6) is 0 Å². The number of nitrogens with zero attached hydrogens (tertiary/aromatic N) is 3. The molecule has 6 heteroatoms. The molecular weight excluding hydrogens is 401 g/mol. The molecule has 0 fully saturated rings. The maximum atomic E-state index is 5.89. The van der Waals surface area contributed by atoms with Crippen LogP contribution in [-0.2, 0) is 6.54 Å². The van der Waals surface area contributed by atoms with Crippen LogP contribution < -0.4 is 11.1 Å². The van der Waals surface area contributed by atoms with Gasteiger partial charge in [-0.25, -0.2) is 9.67 Å². The fourth-order valence-corrected chi connectivity index (χ4v) is 2.06. The van der Waals surface area contributed by atoms with Crippen LogP contribution in [0.15, 0.2) is 78.0 Å². The Morgan fingerprint density at radius 2 is 1.78 bits per heavy atom. The molecule has 2 aromatic carbocycles. The number of hydrogen-bond donors (Lipinski definition) is 2. The average Bonchev–Trinajstić information content (AvgIpc) is 3.09. The Labute approximate surface area is 152 Å². The van der Waals surface area contributed by atoms with Gasteiger partial charge in [0.1, 0.15) is 0 Å². The molecule has 0 saturated carbocycles. The molecule has 0 atom stereocenters. The first-order valence-corrected chi connectivity index (χ1v) is 7.02. The summed E-state index contributed by atoms with van der Waals surface area (Å²) in [5.74, 6) is 0.405. The number of benzene rings is 2. The molecule has 0 aliphatic heterocycles. The van der Waals surface area contributed by atoms with Crippen LogP contribution in [0.1, 0.15) is 5.56 Å². The van der Waals surface area contributed by atoms with Crippen LogP contribution in [-0.4, -0.2) is 15.7 Å². The molecule has 0 radical (unpaired) electrons. The van der Waals surface area contributed by atoms with Gasteiger partial charge >= 0.3 is 0 Å². The molecule has 0 spiro atoms. The molecule has 3 N–H and O–H groups in total. The summed E-state index contributed by atoms with van der Waals surface area (Å²) in [6, 6.07) is 19.7. The van der Waals surface area contributed by atoms with E-state index in [1.165, 1.54) is 0 Å². The minimum atomic E-state index is 0. The van der Waals surface area contributed by atoms with Gasteiger partial charge in [0.05, 0.1) is 12.2 Å². The standard InChI is InChI=1S/C17H17N5.HI/c18-17(21-15-5-2-1-3-6-15)19-13-14-7-9-16(10-8-14)22-12-4-11-20-22;/h1-12H,13H2,(H3,18,19,21);1H. The van der Waals surface area contributed by atoms with Crippen molar-refractivity contribution in [3.8, 4) is 5.69 Å². The zero-order valence-corrected chi connectivity index (χ0v) is 14.8. The number of nitrogens with two attached hydrogens (primary N) is 1. The van der Waals surface area contributed by atoms with Crippen LogP contribution in [0.3, 0.4) is 0 Å². The van der Waals surface area contributed by atoms with Crippen LogP contribution in [0.25, 0.3) is 5.69 Å². The monoisotopic (exact) mass is 419 g/mol. The summed E-state index contributed by atoms with van der Waals surface area (Å²) in [6.45, 7) is 0.533. The Morgan fingerprint density at radius 3 is 2.43 bits per heavy atom. The third-order valence-corrected chi connectivity index (χ3v) is 3.18. The lowest BCUT2D eigenvalue weighted by molar-refractivity contribution is 0.878. The normalized spacial score (nSPS) is 10.9. The molecule has 1 aromatic heterocycles. The number of anilines is 1. The zero-order chi connectivity index (χ0) is 15.2. The first kappa shape index (κ1) is 17.0. The van der Waals surface area contributed by atoms with E-state index in [-0.39, 0.29) is 24.0 Å². The van der Waals surface area contributed by atoms with E-state index in [1.807, 2.05) is 71.5 Å². The highest BCUT2D eigenvalue weighted by Gasteiger charge is 1.98. The van der Waals surface area contributed by atoms with Gasteiger partial charge in [-0.15, -0.1) is 24.0 Å². The lowest BCUT2D eigenvalue weighted by Crippen LogP contribution is -2.22. The predicted octanol–water partition coefficient (Wildman–Crippen LogP) is 3.42. The van der Waals surface area contributed by atoms with Crippen molar-refractivity contribution in [2.75, 3.05) is 5.32 Å². The molecule has 0 aliphatic rings. The second-order valence-corrected chi connectivity index (χ2v) is 4.81. The molecule has 0 aliphatic carbocycles. The summed E-state index contributed by atoms with van der Waals surface area (Å²) in [5.41, 5.74) is 8.93. The largest absolute Gasteiger partial charge is 0.370 e. The van der Waals surface area contributed by atoms with Crippen molar-refractivity contribution in [1.82, 2.24) is 9.78 Å². The minimum Gasteiger partial charge on any atom is -0.370 e. The summed E-state index contributed by atoms with van der Waals surface area (Å²) in [4.78, 5) is 4.34. The molecule has 118 valence electrons. The van der Waals surface area contributed by atoms with E-state index in [4.69, 9.17) is 5.73 Å². The van der Waals surface area contributed by atoms with E-state index in [1.54, 1.807) is 6.20 Å². The highest BCUT2D eigenvalue weighted by molar-refractivity contribution is 14.0. The van der Waals surface area contributed by atoms with E-state index in [0.717, 1.165) is 16.9 Å². The first-order valence-electron chi connectivity index (χ1n) is 7.02. The van der Waals surface area contributed by atoms with Crippen molar-refractivity contribution in [2.24, 2.45) is 10.7 Å². The molecule has 3 rings (SSSR count). The van der Waals surface area contributed by atoms with E-state index < -0.39 is 0 Å². The molecule has 23 heavy (non-hydrogen) atoms. The summed E-state index contributed by atoms with van der Waals surface area (Å²) < 4.78 is 1.82. The summed E-state index contributed by atoms with van der Waals surface area (Å²) in [6.07, 6.45) is 3.67. The van der Waals surface area contributed by atoms with Gasteiger partial charge in [-0.3, -0.25) is 0 Å². The maximum Gasteiger partial charge on any atom is 0.193 e. The van der Waals surface area contributed by atoms with Gasteiger partial charge in [0.2, 0.25) is 0 Å². The fourth-order valence-electron chi connectivity index (χ4n) is 2.06. The number of guanidine groups is 1. The average molecular weight is 419 g/mol. The van der Waals surface area contributed by atoms with Gasteiger partial charge in [0.25, 0.3) is 0 Å². The lowest BCUT2D eigenvalue weighted by atomic mass is 10.2. The van der Waals surface area contributed by atoms with Gasteiger partial charge in [-0.2, -0.15) is 5.10 Å². The number of rotatable bonds is 4. The van der Waals surface area contributed by atoms with Gasteiger partial charge in [0, 0.05) is 18.1 Å².